The van der Waals surface area contributed by atoms with Crippen molar-refractivity contribution in [1.29, 1.82) is 0 Å². The van der Waals surface area contributed by atoms with Crippen molar-refractivity contribution in [3.63, 3.8) is 0 Å². The average molecular weight is 289 g/mol. The number of ether oxygens (including phenoxy) is 1. The number of H-pyrrole nitrogens is 1. The maximum absolute atomic E-state index is 5.93. The number of fused-ring (bicyclic) bond motifs is 1. The molecule has 4 nitrogen and oxygen atoms in total. The Balaban J connectivity index is 1.46. The molecule has 0 spiro atoms. The molecule has 0 amide bonds. The maximum atomic E-state index is 5.93. The third-order valence-corrected chi connectivity index (χ3v) is 5.36. The molecule has 4 heteroatoms. The summed E-state index contributed by atoms with van der Waals surface area (Å²) in [7, 11) is 0. The average Bonchev–Trinajstić information content (AvgIpc) is 3.14. The highest BCUT2D eigenvalue weighted by molar-refractivity contribution is 5.19. The molecule has 3 heterocycles. The number of aryl methyl sites for hydroxylation is 2. The summed E-state index contributed by atoms with van der Waals surface area (Å²) in [6.45, 7) is 3.25. The van der Waals surface area contributed by atoms with Crippen LogP contribution in [0.2, 0.25) is 0 Å². The topological polar surface area (TPSA) is 41.2 Å². The van der Waals surface area contributed by atoms with Gasteiger partial charge in [0, 0.05) is 18.8 Å². The zero-order chi connectivity index (χ0) is 14.1. The van der Waals surface area contributed by atoms with Crippen LogP contribution >= 0.6 is 0 Å². The van der Waals surface area contributed by atoms with Crippen LogP contribution in [-0.2, 0) is 17.6 Å². The molecule has 0 saturated carbocycles. The summed E-state index contributed by atoms with van der Waals surface area (Å²) in [5.74, 6) is 1.23. The molecule has 4 rings (SSSR count). The van der Waals surface area contributed by atoms with Gasteiger partial charge in [0.2, 0.25) is 0 Å². The molecule has 116 valence electrons. The molecule has 1 N–H and O–H groups in total. The van der Waals surface area contributed by atoms with E-state index in [1.807, 2.05) is 0 Å². The summed E-state index contributed by atoms with van der Waals surface area (Å²) in [5, 5.41) is 0. The molecule has 3 aliphatic rings. The second-order valence-corrected chi connectivity index (χ2v) is 6.90. The summed E-state index contributed by atoms with van der Waals surface area (Å²) in [6.07, 6.45) is 11.8. The van der Waals surface area contributed by atoms with Crippen LogP contribution in [0, 0.1) is 0 Å². The highest BCUT2D eigenvalue weighted by Gasteiger charge is 2.31. The van der Waals surface area contributed by atoms with E-state index in [9.17, 15) is 0 Å². The van der Waals surface area contributed by atoms with E-state index < -0.39 is 0 Å². The van der Waals surface area contributed by atoms with Crippen LogP contribution in [0.3, 0.4) is 0 Å². The van der Waals surface area contributed by atoms with Crippen molar-refractivity contribution in [2.24, 2.45) is 0 Å². The number of hydrogen-bond donors (Lipinski definition) is 1. The Morgan fingerprint density at radius 3 is 2.90 bits per heavy atom. The molecular weight excluding hydrogens is 262 g/mol. The molecule has 0 radical (unpaired) electrons. The lowest BCUT2D eigenvalue weighted by Gasteiger charge is -2.30. The van der Waals surface area contributed by atoms with Crippen molar-refractivity contribution in [3.05, 3.63) is 17.2 Å². The van der Waals surface area contributed by atoms with E-state index in [4.69, 9.17) is 9.72 Å². The normalized spacial score (nSPS) is 30.5. The highest BCUT2D eigenvalue weighted by Crippen LogP contribution is 2.33. The van der Waals surface area contributed by atoms with Gasteiger partial charge >= 0.3 is 0 Å². The maximum Gasteiger partial charge on any atom is 0.124 e. The van der Waals surface area contributed by atoms with Crippen molar-refractivity contribution >= 4 is 0 Å². The van der Waals surface area contributed by atoms with Crippen molar-refractivity contribution in [3.8, 4) is 0 Å². The van der Waals surface area contributed by atoms with Crippen LogP contribution in [0.25, 0.3) is 0 Å². The van der Waals surface area contributed by atoms with Gasteiger partial charge in [0.05, 0.1) is 17.8 Å². The van der Waals surface area contributed by atoms with Crippen molar-refractivity contribution in [1.82, 2.24) is 14.9 Å². The minimum absolute atomic E-state index is 0.448. The number of likely N-dealkylation sites (tertiary alicyclic amines) is 1. The van der Waals surface area contributed by atoms with Gasteiger partial charge in [0.1, 0.15) is 5.82 Å². The Morgan fingerprint density at radius 1 is 1.10 bits per heavy atom. The molecule has 2 atom stereocenters. The largest absolute Gasteiger partial charge is 0.377 e. The number of aromatic nitrogens is 2. The third-order valence-electron chi connectivity index (χ3n) is 5.36. The van der Waals surface area contributed by atoms with Crippen LogP contribution in [0.5, 0.6) is 0 Å². The van der Waals surface area contributed by atoms with E-state index in [0.717, 1.165) is 13.2 Å². The molecule has 2 fully saturated rings. The van der Waals surface area contributed by atoms with Gasteiger partial charge in [0.15, 0.2) is 0 Å². The predicted octanol–water partition coefficient (Wildman–Crippen LogP) is 2.99. The van der Waals surface area contributed by atoms with E-state index in [2.05, 4.69) is 9.88 Å². The van der Waals surface area contributed by atoms with Crippen molar-refractivity contribution in [2.75, 3.05) is 19.7 Å². The van der Waals surface area contributed by atoms with Crippen LogP contribution < -0.4 is 0 Å². The first-order valence-electron chi connectivity index (χ1n) is 8.83. The zero-order valence-corrected chi connectivity index (χ0v) is 12.9. The fraction of sp³-hybridized carbons (Fsp3) is 0.824. The molecule has 1 aromatic heterocycles. The summed E-state index contributed by atoms with van der Waals surface area (Å²) in [4.78, 5) is 11.2. The molecule has 2 aliphatic heterocycles. The second-order valence-electron chi connectivity index (χ2n) is 6.90. The van der Waals surface area contributed by atoms with E-state index in [-0.39, 0.29) is 0 Å². The number of imidazole rings is 1. The molecule has 0 unspecified atom stereocenters. The summed E-state index contributed by atoms with van der Waals surface area (Å²) in [6, 6.07) is 0.501. The quantitative estimate of drug-likeness (QED) is 0.930. The minimum atomic E-state index is 0.448. The fourth-order valence-electron chi connectivity index (χ4n) is 4.20. The van der Waals surface area contributed by atoms with Gasteiger partial charge in [-0.05, 0) is 64.3 Å². The number of rotatable bonds is 3. The standard InChI is InChI=1S/C17H27N3O/c1-2-8-15-14(7-1)18-17(19-15)16-9-5-10-20(16)12-13-6-3-4-11-21-13/h13,16H,1-12H2,(H,18,19)/t13-,16-/m0/s1. The van der Waals surface area contributed by atoms with Crippen LogP contribution in [0.15, 0.2) is 0 Å². The van der Waals surface area contributed by atoms with E-state index in [1.165, 1.54) is 81.5 Å². The van der Waals surface area contributed by atoms with E-state index in [0.29, 0.717) is 12.1 Å². The lowest BCUT2D eigenvalue weighted by molar-refractivity contribution is -0.00853. The molecule has 21 heavy (non-hydrogen) atoms. The molecule has 0 aromatic carbocycles. The van der Waals surface area contributed by atoms with Crippen LogP contribution in [0.4, 0.5) is 0 Å². The van der Waals surface area contributed by atoms with Crippen molar-refractivity contribution in [2.45, 2.75) is 69.9 Å². The minimum Gasteiger partial charge on any atom is -0.377 e. The van der Waals surface area contributed by atoms with Crippen LogP contribution in [0.1, 0.15) is 68.2 Å². The van der Waals surface area contributed by atoms with Gasteiger partial charge in [-0.1, -0.05) is 0 Å². The van der Waals surface area contributed by atoms with Gasteiger partial charge in [-0.3, -0.25) is 4.90 Å². The molecule has 2 saturated heterocycles. The molecule has 1 aliphatic carbocycles. The van der Waals surface area contributed by atoms with E-state index in [1.54, 1.807) is 0 Å². The Morgan fingerprint density at radius 2 is 2.05 bits per heavy atom. The monoisotopic (exact) mass is 289 g/mol. The lowest BCUT2D eigenvalue weighted by Crippen LogP contribution is -2.35. The van der Waals surface area contributed by atoms with Gasteiger partial charge < -0.3 is 9.72 Å². The van der Waals surface area contributed by atoms with E-state index >= 15 is 0 Å². The first-order chi connectivity index (χ1) is 10.4. The smallest absolute Gasteiger partial charge is 0.124 e. The molecule has 0 bridgehead atoms. The first-order valence-corrected chi connectivity index (χ1v) is 8.83. The second kappa shape index (κ2) is 6.09. The Labute approximate surface area is 127 Å². The Hall–Kier alpha value is -0.870. The van der Waals surface area contributed by atoms with Gasteiger partial charge in [-0.25, -0.2) is 4.98 Å². The number of nitrogens with one attached hydrogen (secondary N) is 1. The van der Waals surface area contributed by atoms with Gasteiger partial charge in [-0.2, -0.15) is 0 Å². The third kappa shape index (κ3) is 2.88. The summed E-state index contributed by atoms with van der Waals surface area (Å²) < 4.78 is 5.93. The van der Waals surface area contributed by atoms with Gasteiger partial charge in [-0.15, -0.1) is 0 Å². The SMILES string of the molecule is C1CC[C@@H](CN2CCC[C@H]2c2nc3c([nH]2)CCCC3)OC1. The lowest BCUT2D eigenvalue weighted by atomic mass is 10.0. The summed E-state index contributed by atoms with van der Waals surface area (Å²) in [5.41, 5.74) is 2.76. The Bertz CT molecular complexity index is 455. The van der Waals surface area contributed by atoms with Crippen LogP contribution in [-0.4, -0.2) is 40.7 Å². The number of hydrogen-bond acceptors (Lipinski definition) is 3. The Kier molecular flexibility index (Phi) is 3.99. The highest BCUT2D eigenvalue weighted by atomic mass is 16.5. The first kappa shape index (κ1) is 13.8. The van der Waals surface area contributed by atoms with Crippen molar-refractivity contribution < 1.29 is 4.74 Å². The molecular formula is C17H27N3O. The molecule has 1 aromatic rings. The number of aromatic amines is 1. The predicted molar refractivity (Wildman–Crippen MR) is 82.4 cm³/mol. The van der Waals surface area contributed by atoms with Gasteiger partial charge in [0.25, 0.3) is 0 Å². The summed E-state index contributed by atoms with van der Waals surface area (Å²) >= 11 is 0. The fourth-order valence-corrected chi connectivity index (χ4v) is 4.20. The number of nitrogens with zero attached hydrogens (tertiary/aromatic N) is 2. The zero-order valence-electron chi connectivity index (χ0n) is 12.9.